The van der Waals surface area contributed by atoms with Crippen LogP contribution in [0.5, 0.6) is 5.75 Å². The first-order valence-corrected chi connectivity index (χ1v) is 12.2. The third kappa shape index (κ3) is 5.46. The fraction of sp³-hybridized carbons (Fsp3) is 0.320. The molecule has 0 atom stereocenters. The molecule has 1 heterocycles. The number of carbonyl (C=O) groups is 1. The summed E-state index contributed by atoms with van der Waals surface area (Å²) < 4.78 is 39.0. The second kappa shape index (κ2) is 10.2. The van der Waals surface area contributed by atoms with Crippen LogP contribution in [0.15, 0.2) is 53.4 Å². The van der Waals surface area contributed by atoms with Crippen molar-refractivity contribution >= 4 is 16.0 Å². The molecule has 3 aromatic rings. The van der Waals surface area contributed by atoms with Crippen molar-refractivity contribution in [3.63, 3.8) is 0 Å². The summed E-state index contributed by atoms with van der Waals surface area (Å²) in [6.07, 6.45) is 0. The first-order chi connectivity index (χ1) is 15.7. The number of hydrogen-bond acceptors (Lipinski definition) is 5. The number of methoxy groups -OCH3 is 1. The van der Waals surface area contributed by atoms with E-state index in [0.29, 0.717) is 28.3 Å². The predicted octanol–water partition coefficient (Wildman–Crippen LogP) is 4.52. The zero-order valence-corrected chi connectivity index (χ0v) is 20.5. The van der Waals surface area contributed by atoms with Gasteiger partial charge in [0.15, 0.2) is 0 Å². The van der Waals surface area contributed by atoms with E-state index in [1.165, 1.54) is 4.31 Å². The monoisotopic (exact) mass is 470 g/mol. The van der Waals surface area contributed by atoms with Crippen LogP contribution in [0.4, 0.5) is 0 Å². The van der Waals surface area contributed by atoms with Gasteiger partial charge in [0.05, 0.1) is 30.7 Å². The Labute approximate surface area is 195 Å². The normalized spacial score (nSPS) is 11.6. The van der Waals surface area contributed by atoms with Gasteiger partial charge < -0.3 is 14.5 Å². The van der Waals surface area contributed by atoms with E-state index < -0.39 is 16.0 Å². The highest BCUT2D eigenvalue weighted by atomic mass is 32.2. The lowest BCUT2D eigenvalue weighted by atomic mass is 10.1. The zero-order valence-electron chi connectivity index (χ0n) is 19.6. The minimum absolute atomic E-state index is 0.0777. The smallest absolute Gasteiger partial charge is 0.340 e. The first kappa shape index (κ1) is 24.5. The number of rotatable bonds is 9. The molecule has 0 spiro atoms. The van der Waals surface area contributed by atoms with E-state index in [2.05, 4.69) is 4.98 Å². The highest BCUT2D eigenvalue weighted by molar-refractivity contribution is 7.89. The van der Waals surface area contributed by atoms with E-state index >= 15 is 0 Å². The Balaban J connectivity index is 2.01. The number of ether oxygens (including phenoxy) is 2. The molecule has 0 fully saturated rings. The molecule has 33 heavy (non-hydrogen) atoms. The average Bonchev–Trinajstić information content (AvgIpc) is 3.07. The van der Waals surface area contributed by atoms with Gasteiger partial charge in [-0.3, -0.25) is 0 Å². The van der Waals surface area contributed by atoms with Crippen molar-refractivity contribution in [2.75, 3.05) is 13.7 Å². The number of benzene rings is 2. The van der Waals surface area contributed by atoms with E-state index in [1.807, 2.05) is 19.1 Å². The molecule has 0 amide bonds. The SMILES string of the molecule is CCOC(=O)c1c(C)[nH]c(CN(Cc2ccc(OC)cc2)S(=O)(=O)c2ccc(C)cc2)c1C. The molecule has 0 bridgehead atoms. The predicted molar refractivity (Wildman–Crippen MR) is 127 cm³/mol. The standard InChI is InChI=1S/C25H30N2O5S/c1-6-32-25(28)24-18(3)23(26-19(24)4)16-27(15-20-9-11-21(31-5)12-10-20)33(29,30)22-13-7-17(2)8-14-22/h7-14,26H,6,15-16H2,1-5H3. The van der Waals surface area contributed by atoms with E-state index in [4.69, 9.17) is 9.47 Å². The van der Waals surface area contributed by atoms with E-state index in [-0.39, 0.29) is 24.6 Å². The molecule has 8 heteroatoms. The summed E-state index contributed by atoms with van der Waals surface area (Å²) in [6, 6.07) is 14.1. The molecule has 0 aliphatic carbocycles. The second-order valence-corrected chi connectivity index (χ2v) is 9.82. The molecular weight excluding hydrogens is 440 g/mol. The van der Waals surface area contributed by atoms with Gasteiger partial charge in [-0.05, 0) is 63.1 Å². The highest BCUT2D eigenvalue weighted by Gasteiger charge is 2.28. The Morgan fingerprint density at radius 1 is 0.970 bits per heavy atom. The van der Waals surface area contributed by atoms with Gasteiger partial charge in [-0.15, -0.1) is 0 Å². The fourth-order valence-electron chi connectivity index (χ4n) is 3.68. The molecular formula is C25H30N2O5S. The fourth-order valence-corrected chi connectivity index (χ4v) is 5.07. The summed E-state index contributed by atoms with van der Waals surface area (Å²) in [5.74, 6) is 0.278. The molecule has 0 aliphatic rings. The van der Waals surface area contributed by atoms with Crippen LogP contribution in [0.3, 0.4) is 0 Å². The molecule has 0 radical (unpaired) electrons. The van der Waals surface area contributed by atoms with E-state index in [1.54, 1.807) is 64.3 Å². The van der Waals surface area contributed by atoms with Crippen LogP contribution in [0.2, 0.25) is 0 Å². The van der Waals surface area contributed by atoms with Crippen LogP contribution in [0.1, 0.15) is 45.4 Å². The number of hydrogen-bond donors (Lipinski definition) is 1. The number of aryl methyl sites for hydroxylation is 2. The molecule has 0 saturated heterocycles. The van der Waals surface area contributed by atoms with Crippen molar-refractivity contribution in [1.82, 2.24) is 9.29 Å². The van der Waals surface area contributed by atoms with Crippen LogP contribution in [-0.4, -0.2) is 37.4 Å². The number of aromatic nitrogens is 1. The minimum atomic E-state index is -3.81. The van der Waals surface area contributed by atoms with E-state index in [9.17, 15) is 13.2 Å². The molecule has 0 saturated carbocycles. The van der Waals surface area contributed by atoms with Gasteiger partial charge >= 0.3 is 5.97 Å². The van der Waals surface area contributed by atoms with Crippen LogP contribution in [-0.2, 0) is 27.8 Å². The summed E-state index contributed by atoms with van der Waals surface area (Å²) in [5.41, 5.74) is 4.23. The number of nitrogens with one attached hydrogen (secondary N) is 1. The topological polar surface area (TPSA) is 88.7 Å². The maximum Gasteiger partial charge on any atom is 0.340 e. The zero-order chi connectivity index (χ0) is 24.2. The third-order valence-electron chi connectivity index (χ3n) is 5.53. The summed E-state index contributed by atoms with van der Waals surface area (Å²) in [6.45, 7) is 7.75. The van der Waals surface area contributed by atoms with Crippen LogP contribution < -0.4 is 4.74 Å². The maximum atomic E-state index is 13.6. The quantitative estimate of drug-likeness (QED) is 0.465. The molecule has 176 valence electrons. The summed E-state index contributed by atoms with van der Waals surface area (Å²) in [4.78, 5) is 15.8. The summed E-state index contributed by atoms with van der Waals surface area (Å²) in [7, 11) is -2.23. The van der Waals surface area contributed by atoms with Gasteiger partial charge in [0, 0.05) is 17.9 Å². The van der Waals surface area contributed by atoms with Gasteiger partial charge in [0.1, 0.15) is 5.75 Å². The largest absolute Gasteiger partial charge is 0.497 e. The van der Waals surface area contributed by atoms with Crippen LogP contribution >= 0.6 is 0 Å². The number of esters is 1. The maximum absolute atomic E-state index is 13.6. The van der Waals surface area contributed by atoms with Gasteiger partial charge in [0.25, 0.3) is 0 Å². The highest BCUT2D eigenvalue weighted by Crippen LogP contribution is 2.26. The van der Waals surface area contributed by atoms with Gasteiger partial charge in [-0.25, -0.2) is 13.2 Å². The molecule has 7 nitrogen and oxygen atoms in total. The lowest BCUT2D eigenvalue weighted by Gasteiger charge is -2.23. The van der Waals surface area contributed by atoms with Crippen molar-refractivity contribution < 1.29 is 22.7 Å². The first-order valence-electron chi connectivity index (χ1n) is 10.7. The Morgan fingerprint density at radius 2 is 1.61 bits per heavy atom. The number of carbonyl (C=O) groups excluding carboxylic acids is 1. The molecule has 3 rings (SSSR count). The molecule has 2 aromatic carbocycles. The lowest BCUT2D eigenvalue weighted by Crippen LogP contribution is -2.30. The molecule has 0 unspecified atom stereocenters. The van der Waals surface area contributed by atoms with Crippen LogP contribution in [0.25, 0.3) is 0 Å². The van der Waals surface area contributed by atoms with E-state index in [0.717, 1.165) is 11.1 Å². The third-order valence-corrected chi connectivity index (χ3v) is 7.34. The van der Waals surface area contributed by atoms with Crippen molar-refractivity contribution in [3.8, 4) is 5.75 Å². The minimum Gasteiger partial charge on any atom is -0.497 e. The van der Waals surface area contributed by atoms with Crippen molar-refractivity contribution in [2.24, 2.45) is 0 Å². The number of aromatic amines is 1. The van der Waals surface area contributed by atoms with Gasteiger partial charge in [-0.1, -0.05) is 29.8 Å². The second-order valence-electron chi connectivity index (χ2n) is 7.88. The average molecular weight is 471 g/mol. The number of nitrogens with zero attached hydrogens (tertiary/aromatic N) is 1. The van der Waals surface area contributed by atoms with Gasteiger partial charge in [0.2, 0.25) is 10.0 Å². The van der Waals surface area contributed by atoms with Crippen molar-refractivity contribution in [2.45, 2.75) is 45.7 Å². The molecule has 0 aliphatic heterocycles. The van der Waals surface area contributed by atoms with Gasteiger partial charge in [-0.2, -0.15) is 4.31 Å². The Hall–Kier alpha value is -3.10. The van der Waals surface area contributed by atoms with Crippen molar-refractivity contribution in [1.29, 1.82) is 0 Å². The number of sulfonamides is 1. The Bertz CT molecular complexity index is 1210. The Kier molecular flexibility index (Phi) is 7.61. The van der Waals surface area contributed by atoms with Crippen LogP contribution in [0, 0.1) is 20.8 Å². The lowest BCUT2D eigenvalue weighted by molar-refractivity contribution is 0.0525. The van der Waals surface area contributed by atoms with Crippen molar-refractivity contribution in [3.05, 3.63) is 82.2 Å². The Morgan fingerprint density at radius 3 is 2.18 bits per heavy atom. The molecule has 1 aromatic heterocycles. The summed E-state index contributed by atoms with van der Waals surface area (Å²) in [5, 5.41) is 0. The molecule has 1 N–H and O–H groups in total. The summed E-state index contributed by atoms with van der Waals surface area (Å²) >= 11 is 0. The number of H-pyrrole nitrogens is 1.